The Morgan fingerprint density at radius 2 is 1.55 bits per heavy atom. The van der Waals surface area contributed by atoms with Crippen LogP contribution < -0.4 is 9.80 Å². The molecule has 0 atom stereocenters. The van der Waals surface area contributed by atoms with Gasteiger partial charge in [0.05, 0.1) is 6.61 Å². The van der Waals surface area contributed by atoms with E-state index in [-0.39, 0.29) is 0 Å². The van der Waals surface area contributed by atoms with Gasteiger partial charge in [-0.15, -0.1) is 0 Å². The van der Waals surface area contributed by atoms with Crippen LogP contribution in [0.15, 0.2) is 42.5 Å². The normalized spacial score (nSPS) is 23.1. The van der Waals surface area contributed by atoms with Gasteiger partial charge in [-0.1, -0.05) is 36.4 Å². The maximum absolute atomic E-state index is 8.99. The molecular weight excluding hydrogens is 248 g/mol. The lowest BCUT2D eigenvalue weighted by Gasteiger charge is -2.29. The average Bonchev–Trinajstić information content (AvgIpc) is 2.49. The number of fused-ring (bicyclic) bond motifs is 1. The minimum atomic E-state index is 0.315. The molecule has 3 heteroatoms. The Kier molecular flexibility index (Phi) is 4.31. The summed E-state index contributed by atoms with van der Waals surface area (Å²) in [5, 5.41) is 11.7. The zero-order valence-corrected chi connectivity index (χ0v) is 11.9. The molecule has 1 aliphatic heterocycles. The van der Waals surface area contributed by atoms with E-state index in [2.05, 4.69) is 42.5 Å². The fourth-order valence-electron chi connectivity index (χ4n) is 3.18. The van der Waals surface area contributed by atoms with Crippen LogP contribution >= 0.6 is 0 Å². The van der Waals surface area contributed by atoms with Crippen molar-refractivity contribution in [2.75, 3.05) is 39.3 Å². The molecule has 3 N–H and O–H groups in total. The van der Waals surface area contributed by atoms with E-state index >= 15 is 0 Å². The highest BCUT2D eigenvalue weighted by atomic mass is 16.3. The Hall–Kier alpha value is -1.42. The van der Waals surface area contributed by atoms with E-state index in [0.717, 1.165) is 13.1 Å². The molecule has 0 spiro atoms. The van der Waals surface area contributed by atoms with Gasteiger partial charge in [-0.25, -0.2) is 0 Å². The maximum atomic E-state index is 8.99. The lowest BCUT2D eigenvalue weighted by molar-refractivity contribution is -1.02. The van der Waals surface area contributed by atoms with Crippen LogP contribution in [-0.2, 0) is 6.54 Å². The molecule has 0 radical (unpaired) electrons. The van der Waals surface area contributed by atoms with Gasteiger partial charge >= 0.3 is 0 Å². The first-order valence-electron chi connectivity index (χ1n) is 7.61. The highest BCUT2D eigenvalue weighted by molar-refractivity contribution is 5.82. The van der Waals surface area contributed by atoms with E-state index in [1.54, 1.807) is 9.80 Å². The molecule has 1 aliphatic rings. The van der Waals surface area contributed by atoms with Crippen molar-refractivity contribution in [2.24, 2.45) is 0 Å². The fourth-order valence-corrected chi connectivity index (χ4v) is 3.18. The number of aliphatic hydroxyl groups is 1. The summed E-state index contributed by atoms with van der Waals surface area (Å²) in [6.45, 7) is 7.13. The van der Waals surface area contributed by atoms with Crippen LogP contribution in [0.2, 0.25) is 0 Å². The number of aliphatic hydroxyl groups excluding tert-OH is 1. The van der Waals surface area contributed by atoms with Crippen LogP contribution in [-0.4, -0.2) is 44.4 Å². The topological polar surface area (TPSA) is 29.1 Å². The van der Waals surface area contributed by atoms with Gasteiger partial charge in [0.2, 0.25) is 0 Å². The molecule has 3 rings (SSSR count). The minimum Gasteiger partial charge on any atom is -0.391 e. The molecule has 0 unspecified atom stereocenters. The second-order valence-corrected chi connectivity index (χ2v) is 5.83. The maximum Gasteiger partial charge on any atom is 0.127 e. The van der Waals surface area contributed by atoms with Crippen molar-refractivity contribution in [3.05, 3.63) is 48.0 Å². The third-order valence-corrected chi connectivity index (χ3v) is 4.40. The summed E-state index contributed by atoms with van der Waals surface area (Å²) in [7, 11) is 0. The van der Waals surface area contributed by atoms with Gasteiger partial charge in [0.15, 0.2) is 0 Å². The van der Waals surface area contributed by atoms with Gasteiger partial charge in [0.1, 0.15) is 39.3 Å². The van der Waals surface area contributed by atoms with Crippen molar-refractivity contribution in [3.63, 3.8) is 0 Å². The number of hydrogen-bond donors (Lipinski definition) is 3. The first-order valence-corrected chi connectivity index (χ1v) is 7.61. The summed E-state index contributed by atoms with van der Waals surface area (Å²) in [6.07, 6.45) is 0. The molecule has 1 saturated heterocycles. The Labute approximate surface area is 120 Å². The van der Waals surface area contributed by atoms with Gasteiger partial charge in [0, 0.05) is 5.56 Å². The van der Waals surface area contributed by atoms with E-state index in [4.69, 9.17) is 5.11 Å². The zero-order chi connectivity index (χ0) is 13.8. The van der Waals surface area contributed by atoms with Crippen molar-refractivity contribution in [3.8, 4) is 0 Å². The molecule has 3 nitrogen and oxygen atoms in total. The van der Waals surface area contributed by atoms with Gasteiger partial charge in [-0.2, -0.15) is 0 Å². The second-order valence-electron chi connectivity index (χ2n) is 5.83. The summed E-state index contributed by atoms with van der Waals surface area (Å²) in [5.74, 6) is 0. The molecule has 2 aromatic carbocycles. The van der Waals surface area contributed by atoms with Crippen LogP contribution in [0, 0.1) is 0 Å². The smallest absolute Gasteiger partial charge is 0.127 e. The summed E-state index contributed by atoms with van der Waals surface area (Å²) in [6, 6.07) is 15.4. The van der Waals surface area contributed by atoms with Crippen molar-refractivity contribution in [1.29, 1.82) is 0 Å². The molecule has 106 valence electrons. The molecule has 0 aliphatic carbocycles. The highest BCUT2D eigenvalue weighted by Gasteiger charge is 2.22. The van der Waals surface area contributed by atoms with Crippen LogP contribution in [0.3, 0.4) is 0 Å². The average molecular weight is 272 g/mol. The standard InChI is InChI=1S/C17H22N2O/c20-12-11-18-7-9-19(10-8-18)14-15-5-6-16-3-1-2-4-17(16)13-15/h1-6,13,20H,7-12,14H2/p+2. The minimum absolute atomic E-state index is 0.315. The second kappa shape index (κ2) is 6.35. The Bertz CT molecular complexity index is 562. The summed E-state index contributed by atoms with van der Waals surface area (Å²) in [4.78, 5) is 3.22. The third kappa shape index (κ3) is 3.18. The lowest BCUT2D eigenvalue weighted by atomic mass is 10.1. The molecular formula is C17H24N2O+2. The quantitative estimate of drug-likeness (QED) is 0.663. The number of nitrogens with one attached hydrogen (secondary N) is 2. The molecule has 1 heterocycles. The zero-order valence-electron chi connectivity index (χ0n) is 11.9. The Morgan fingerprint density at radius 1 is 0.850 bits per heavy atom. The van der Waals surface area contributed by atoms with Crippen molar-refractivity contribution < 1.29 is 14.9 Å². The van der Waals surface area contributed by atoms with Crippen molar-refractivity contribution >= 4 is 10.8 Å². The monoisotopic (exact) mass is 272 g/mol. The number of piperazine rings is 1. The first-order chi connectivity index (χ1) is 9.85. The predicted octanol–water partition coefficient (Wildman–Crippen LogP) is -0.884. The largest absolute Gasteiger partial charge is 0.391 e. The summed E-state index contributed by atoms with van der Waals surface area (Å²) >= 11 is 0. The first kappa shape index (κ1) is 13.6. The van der Waals surface area contributed by atoms with Gasteiger partial charge in [-0.05, 0) is 16.8 Å². The number of benzene rings is 2. The third-order valence-electron chi connectivity index (χ3n) is 4.40. The van der Waals surface area contributed by atoms with Gasteiger partial charge in [-0.3, -0.25) is 0 Å². The molecule has 0 bridgehead atoms. The molecule has 20 heavy (non-hydrogen) atoms. The van der Waals surface area contributed by atoms with Crippen LogP contribution in [0.1, 0.15) is 5.56 Å². The van der Waals surface area contributed by atoms with Crippen LogP contribution in [0.4, 0.5) is 0 Å². The summed E-state index contributed by atoms with van der Waals surface area (Å²) < 4.78 is 0. The van der Waals surface area contributed by atoms with E-state index in [1.807, 2.05) is 0 Å². The molecule has 2 aromatic rings. The molecule has 1 fully saturated rings. The van der Waals surface area contributed by atoms with E-state index in [9.17, 15) is 0 Å². The fraction of sp³-hybridized carbons (Fsp3) is 0.412. The number of rotatable bonds is 4. The van der Waals surface area contributed by atoms with Crippen LogP contribution in [0.25, 0.3) is 10.8 Å². The molecule has 0 saturated carbocycles. The van der Waals surface area contributed by atoms with Gasteiger partial charge < -0.3 is 14.9 Å². The summed E-state index contributed by atoms with van der Waals surface area (Å²) in [5.41, 5.74) is 1.43. The van der Waals surface area contributed by atoms with Crippen molar-refractivity contribution in [2.45, 2.75) is 6.54 Å². The SMILES string of the molecule is OCC[NH+]1CC[NH+](Cc2ccc3ccccc3c2)CC1. The van der Waals surface area contributed by atoms with E-state index in [0.29, 0.717) is 6.61 Å². The number of quaternary nitrogens is 2. The Balaban J connectivity index is 1.62. The lowest BCUT2D eigenvalue weighted by Crippen LogP contribution is -3.27. The van der Waals surface area contributed by atoms with E-state index in [1.165, 1.54) is 42.5 Å². The molecule has 0 amide bonds. The van der Waals surface area contributed by atoms with Crippen LogP contribution in [0.5, 0.6) is 0 Å². The molecule has 0 aromatic heterocycles. The van der Waals surface area contributed by atoms with Crippen molar-refractivity contribution in [1.82, 2.24) is 0 Å². The Morgan fingerprint density at radius 3 is 2.30 bits per heavy atom. The van der Waals surface area contributed by atoms with Gasteiger partial charge in [0.25, 0.3) is 0 Å². The predicted molar refractivity (Wildman–Crippen MR) is 81.0 cm³/mol. The highest BCUT2D eigenvalue weighted by Crippen LogP contribution is 2.14. The number of hydrogen-bond acceptors (Lipinski definition) is 1. The van der Waals surface area contributed by atoms with E-state index < -0.39 is 0 Å².